The topological polar surface area (TPSA) is 18.5 Å². The van der Waals surface area contributed by atoms with E-state index in [4.69, 9.17) is 9.47 Å². The highest BCUT2D eigenvalue weighted by molar-refractivity contribution is 5.85. The van der Waals surface area contributed by atoms with Crippen molar-refractivity contribution in [2.45, 2.75) is 33.1 Å². The second kappa shape index (κ2) is 8.31. The summed E-state index contributed by atoms with van der Waals surface area (Å²) in [6.45, 7) is 3.98. The monoisotopic (exact) mass is 406 g/mol. The van der Waals surface area contributed by atoms with E-state index in [0.717, 1.165) is 23.3 Å². The van der Waals surface area contributed by atoms with Crippen LogP contribution < -0.4 is 19.9 Å². The molecule has 0 amide bonds. The van der Waals surface area contributed by atoms with Crippen molar-refractivity contribution < 1.29 is 18.3 Å². The van der Waals surface area contributed by atoms with Crippen molar-refractivity contribution in [3.63, 3.8) is 0 Å². The Labute approximate surface area is 175 Å². The van der Waals surface area contributed by atoms with Crippen LogP contribution in [0.2, 0.25) is 0 Å². The number of aryl methyl sites for hydroxylation is 1. The molecule has 0 atom stereocenters. The summed E-state index contributed by atoms with van der Waals surface area (Å²) in [6, 6.07) is 14.0. The van der Waals surface area contributed by atoms with E-state index in [1.807, 2.05) is 44.2 Å². The van der Waals surface area contributed by atoms with Gasteiger partial charge in [0.25, 0.3) is 0 Å². The largest absolute Gasteiger partial charge is 0.497 e. The third-order valence-corrected chi connectivity index (χ3v) is 5.33. The highest BCUT2D eigenvalue weighted by Gasteiger charge is 2.23. The number of hydrogen-bond donors (Lipinski definition) is 0. The molecule has 0 radical (unpaired) electrons. The van der Waals surface area contributed by atoms with Gasteiger partial charge < -0.3 is 9.47 Å². The van der Waals surface area contributed by atoms with Crippen LogP contribution in [0.4, 0.5) is 8.78 Å². The summed E-state index contributed by atoms with van der Waals surface area (Å²) in [6.07, 6.45) is 4.01. The van der Waals surface area contributed by atoms with Gasteiger partial charge in [0.2, 0.25) is 0 Å². The molecule has 0 saturated carbocycles. The summed E-state index contributed by atoms with van der Waals surface area (Å²) in [5.74, 6) is 1.29. The van der Waals surface area contributed by atoms with E-state index in [1.165, 1.54) is 12.1 Å². The Morgan fingerprint density at radius 1 is 0.933 bits per heavy atom. The summed E-state index contributed by atoms with van der Waals surface area (Å²) < 4.78 is 41.0. The first-order valence-electron chi connectivity index (χ1n) is 10.2. The molecule has 1 aliphatic rings. The number of halogens is 2. The molecule has 0 aliphatic carbocycles. The van der Waals surface area contributed by atoms with E-state index in [9.17, 15) is 8.78 Å². The van der Waals surface area contributed by atoms with Crippen LogP contribution in [0.5, 0.6) is 17.2 Å². The van der Waals surface area contributed by atoms with Crippen LogP contribution in [0.3, 0.4) is 0 Å². The van der Waals surface area contributed by atoms with Gasteiger partial charge in [-0.3, -0.25) is 0 Å². The van der Waals surface area contributed by atoms with Crippen molar-refractivity contribution in [1.29, 1.82) is 0 Å². The molecule has 0 unspecified atom stereocenters. The predicted molar refractivity (Wildman–Crippen MR) is 115 cm³/mol. The molecule has 1 heterocycles. The van der Waals surface area contributed by atoms with Gasteiger partial charge in [-0.05, 0) is 60.4 Å². The average molecular weight is 406 g/mol. The average Bonchev–Trinajstić information content (AvgIpc) is 2.74. The van der Waals surface area contributed by atoms with Gasteiger partial charge >= 0.3 is 0 Å². The predicted octanol–water partition coefficient (Wildman–Crippen LogP) is 5.47. The van der Waals surface area contributed by atoms with Gasteiger partial charge in [-0.1, -0.05) is 38.5 Å². The van der Waals surface area contributed by atoms with Crippen molar-refractivity contribution in [1.82, 2.24) is 0 Å². The van der Waals surface area contributed by atoms with Crippen LogP contribution in [-0.2, 0) is 6.42 Å². The zero-order valence-corrected chi connectivity index (χ0v) is 17.4. The number of ether oxygens (including phenoxy) is 2. The molecule has 0 fully saturated rings. The second-order valence-corrected chi connectivity index (χ2v) is 7.38. The van der Waals surface area contributed by atoms with E-state index < -0.39 is 0 Å². The summed E-state index contributed by atoms with van der Waals surface area (Å²) >= 11 is 0. The minimum Gasteiger partial charge on any atom is -0.497 e. The van der Waals surface area contributed by atoms with Crippen LogP contribution in [0.15, 0.2) is 48.5 Å². The Balaban J connectivity index is 2.05. The van der Waals surface area contributed by atoms with Crippen molar-refractivity contribution >= 4 is 11.6 Å². The fourth-order valence-electron chi connectivity index (χ4n) is 3.89. The lowest BCUT2D eigenvalue weighted by molar-refractivity contribution is 0.415. The van der Waals surface area contributed by atoms with E-state index in [2.05, 4.69) is 0 Å². The lowest BCUT2D eigenvalue weighted by atomic mass is 9.91. The first kappa shape index (κ1) is 20.1. The second-order valence-electron chi connectivity index (χ2n) is 7.38. The van der Waals surface area contributed by atoms with Crippen molar-refractivity contribution in [2.24, 2.45) is 0 Å². The summed E-state index contributed by atoms with van der Waals surface area (Å²) in [4.78, 5) is 0. The van der Waals surface area contributed by atoms with Gasteiger partial charge in [0.1, 0.15) is 28.9 Å². The molecule has 30 heavy (non-hydrogen) atoms. The van der Waals surface area contributed by atoms with Crippen LogP contribution in [0.25, 0.3) is 11.6 Å². The van der Waals surface area contributed by atoms with Gasteiger partial charge in [0, 0.05) is 21.6 Å². The maximum absolute atomic E-state index is 14.8. The van der Waals surface area contributed by atoms with E-state index in [0.29, 0.717) is 45.9 Å². The molecule has 3 aromatic carbocycles. The molecular formula is C26H24F2O2. The third kappa shape index (κ3) is 3.58. The number of rotatable bonds is 5. The SMILES string of the molecule is CC/C=c1/cc2c(cc1F)=C(c1ccc(OC)cc1)c1cc(F)c(CCC)cc1O2. The van der Waals surface area contributed by atoms with E-state index in [1.54, 1.807) is 19.2 Å². The first-order chi connectivity index (χ1) is 14.5. The number of benzene rings is 3. The van der Waals surface area contributed by atoms with Crippen molar-refractivity contribution in [3.05, 3.63) is 87.3 Å². The maximum atomic E-state index is 14.8. The highest BCUT2D eigenvalue weighted by Crippen LogP contribution is 2.38. The van der Waals surface area contributed by atoms with Gasteiger partial charge in [0.05, 0.1) is 7.11 Å². The lowest BCUT2D eigenvalue weighted by Gasteiger charge is -2.22. The zero-order valence-electron chi connectivity index (χ0n) is 17.4. The fourth-order valence-corrected chi connectivity index (χ4v) is 3.89. The normalized spacial score (nSPS) is 13.0. The number of fused-ring (bicyclic) bond motifs is 2. The van der Waals surface area contributed by atoms with Crippen molar-refractivity contribution in [3.8, 4) is 17.2 Å². The zero-order chi connectivity index (χ0) is 21.3. The quantitative estimate of drug-likeness (QED) is 0.438. The lowest BCUT2D eigenvalue weighted by Crippen LogP contribution is -2.22. The molecule has 4 rings (SSSR count). The van der Waals surface area contributed by atoms with Gasteiger partial charge in [-0.25, -0.2) is 8.78 Å². The summed E-state index contributed by atoms with van der Waals surface area (Å²) in [5, 5.41) is 1.12. The highest BCUT2D eigenvalue weighted by atomic mass is 19.1. The molecule has 0 aromatic heterocycles. The Bertz CT molecular complexity index is 1210. The fraction of sp³-hybridized carbons (Fsp3) is 0.231. The molecule has 2 nitrogen and oxygen atoms in total. The Kier molecular flexibility index (Phi) is 5.58. The van der Waals surface area contributed by atoms with Crippen LogP contribution >= 0.6 is 0 Å². The molecule has 3 aromatic rings. The number of hydrogen-bond acceptors (Lipinski definition) is 2. The third-order valence-electron chi connectivity index (χ3n) is 5.33. The summed E-state index contributed by atoms with van der Waals surface area (Å²) in [5.41, 5.74) is 2.83. The van der Waals surface area contributed by atoms with E-state index >= 15 is 0 Å². The Morgan fingerprint density at radius 2 is 1.70 bits per heavy atom. The molecule has 1 aliphatic heterocycles. The molecule has 0 N–H and O–H groups in total. The minimum atomic E-state index is -0.322. The van der Waals surface area contributed by atoms with Gasteiger partial charge in [0.15, 0.2) is 0 Å². The van der Waals surface area contributed by atoms with Gasteiger partial charge in [-0.2, -0.15) is 0 Å². The summed E-state index contributed by atoms with van der Waals surface area (Å²) in [7, 11) is 1.60. The standard InChI is InChI=1S/C26H24F2O2/c1-4-6-17-12-24-20(14-22(17)27)26(16-8-10-19(29-3)11-9-16)21-15-23(28)18(7-5-2)13-25(21)30-24/h6,8-15H,4-5,7H2,1-3H3/b17-6-. The van der Waals surface area contributed by atoms with Crippen LogP contribution in [-0.4, -0.2) is 7.11 Å². The van der Waals surface area contributed by atoms with Crippen molar-refractivity contribution in [2.75, 3.05) is 7.11 Å². The minimum absolute atomic E-state index is 0.273. The van der Waals surface area contributed by atoms with Crippen LogP contribution in [0, 0.1) is 11.6 Å². The Hall–Kier alpha value is -3.14. The molecule has 154 valence electrons. The smallest absolute Gasteiger partial charge is 0.136 e. The maximum Gasteiger partial charge on any atom is 0.136 e. The Morgan fingerprint density at radius 3 is 2.37 bits per heavy atom. The molecule has 0 spiro atoms. The molecule has 0 bridgehead atoms. The molecule has 0 saturated heterocycles. The van der Waals surface area contributed by atoms with Crippen LogP contribution in [0.1, 0.15) is 43.4 Å². The molecule has 4 heteroatoms. The molecular weight excluding hydrogens is 382 g/mol. The first-order valence-corrected chi connectivity index (χ1v) is 10.2. The number of methoxy groups -OCH3 is 1. The van der Waals surface area contributed by atoms with Gasteiger partial charge in [-0.15, -0.1) is 0 Å². The van der Waals surface area contributed by atoms with E-state index in [-0.39, 0.29) is 11.6 Å².